The van der Waals surface area contributed by atoms with Gasteiger partial charge in [0, 0.05) is 0 Å². The summed E-state index contributed by atoms with van der Waals surface area (Å²) in [6.07, 6.45) is 0. The third kappa shape index (κ3) is 15700. The minimum atomic E-state index is -2.61. The minimum absolute atomic E-state index is 0. The summed E-state index contributed by atoms with van der Waals surface area (Å²) in [5, 5.41) is 0. The molecule has 0 bridgehead atoms. The third-order valence-electron chi connectivity index (χ3n) is 0. The van der Waals surface area contributed by atoms with Gasteiger partial charge in [-0.3, -0.25) is 18.2 Å². The maximum Gasteiger partial charge on any atom is 0.299 e. The van der Waals surface area contributed by atoms with Crippen LogP contribution in [0.2, 0.25) is 0 Å². The molecule has 8 heteroatoms. The van der Waals surface area contributed by atoms with Gasteiger partial charge in [0.05, 0.1) is 0 Å². The van der Waals surface area contributed by atoms with Crippen LogP contribution in [-0.2, 0) is 22.7 Å². The molecule has 0 aromatic carbocycles. The highest BCUT2D eigenvalue weighted by Gasteiger charge is 1.63. The van der Waals surface area contributed by atoms with Crippen molar-refractivity contribution < 1.29 is 26.6 Å². The van der Waals surface area contributed by atoms with E-state index >= 15 is 0 Å². The van der Waals surface area contributed by atoms with Gasteiger partial charge in [0.2, 0.25) is 0 Å². The zero-order valence-corrected chi connectivity index (χ0v) is 5.63. The van der Waals surface area contributed by atoms with Crippen molar-refractivity contribution in [2.24, 2.45) is 0 Å². The molecule has 0 aliphatic carbocycles. The van der Waals surface area contributed by atoms with Crippen molar-refractivity contribution in [3.8, 4) is 0 Å². The Morgan fingerprint density at radius 1 is 0.778 bits per heavy atom. The van der Waals surface area contributed by atoms with Crippen molar-refractivity contribution >= 4 is 22.7 Å². The second-order valence-electron chi connectivity index (χ2n) is 0.461. The van der Waals surface area contributed by atoms with Gasteiger partial charge in [-0.2, -0.15) is 8.42 Å². The van der Waals surface area contributed by atoms with E-state index in [1.807, 2.05) is 0 Å². The lowest BCUT2D eigenvalue weighted by molar-refractivity contribution is 0.452. The van der Waals surface area contributed by atoms with Gasteiger partial charge in [-0.25, -0.2) is 0 Å². The molecule has 0 aromatic rings. The molecule has 0 spiro atoms. The molecule has 0 saturated heterocycles. The largest absolute Gasteiger partial charge is 0.299 e. The highest BCUT2D eigenvalue weighted by Crippen LogP contribution is 1.44. The molecule has 0 rings (SSSR count). The Bertz CT molecular complexity index is 69.1. The average molecular weight is 177 g/mol. The normalized spacial score (nSPS) is 7.78. The first-order valence-electron chi connectivity index (χ1n) is 1.06. The van der Waals surface area contributed by atoms with Crippen LogP contribution in [0.25, 0.3) is 0 Å². The van der Waals surface area contributed by atoms with Crippen LogP contribution < -0.4 is 0 Å². The summed E-state index contributed by atoms with van der Waals surface area (Å²) < 4.78 is 45.7. The van der Waals surface area contributed by atoms with Crippen molar-refractivity contribution in [2.75, 3.05) is 0 Å². The lowest BCUT2D eigenvalue weighted by Crippen LogP contribution is -1.74. The van der Waals surface area contributed by atoms with E-state index in [1.54, 1.807) is 0 Å². The standard InChI is InChI=1S/CH.2H2O3S/c;2*1-4(2)3/h1H;2*(H2,1,2,3). The Hall–Kier alpha value is 0.140. The molecular weight excluding hydrogens is 172 g/mol. The zero-order chi connectivity index (χ0) is 7.15. The molecule has 0 atom stereocenters. The molecule has 4 N–H and O–H groups in total. The van der Waals surface area contributed by atoms with Crippen LogP contribution >= 0.6 is 0 Å². The van der Waals surface area contributed by atoms with Crippen LogP contribution in [-0.4, -0.2) is 26.6 Å². The summed E-state index contributed by atoms with van der Waals surface area (Å²) in [6, 6.07) is 0. The Morgan fingerprint density at radius 2 is 0.778 bits per heavy atom. The minimum Gasteiger partial charge on any atom is -0.284 e. The molecule has 6 nitrogen and oxygen atoms in total. The molecule has 0 unspecified atom stereocenters. The first-order valence-corrected chi connectivity index (χ1v) is 3.19. The summed E-state index contributed by atoms with van der Waals surface area (Å²) in [7, 11) is 0. The average Bonchev–Trinajstić information content (AvgIpc) is 1.25. The van der Waals surface area contributed by atoms with Crippen molar-refractivity contribution in [2.45, 2.75) is 0 Å². The lowest BCUT2D eigenvalue weighted by atomic mass is 12.0. The molecule has 0 saturated carbocycles. The van der Waals surface area contributed by atoms with Crippen LogP contribution in [0.5, 0.6) is 0 Å². The van der Waals surface area contributed by atoms with E-state index in [4.69, 9.17) is 26.6 Å². The fourth-order valence-electron chi connectivity index (χ4n) is 0. The highest BCUT2D eigenvalue weighted by atomic mass is 32.2. The second kappa shape index (κ2) is 11.0. The Balaban J connectivity index is -0.0000000720. The lowest BCUT2D eigenvalue weighted by Gasteiger charge is -1.59. The highest BCUT2D eigenvalue weighted by molar-refractivity contribution is 7.73. The molecule has 0 amide bonds. The van der Waals surface area contributed by atoms with E-state index in [1.165, 1.54) is 0 Å². The van der Waals surface area contributed by atoms with Gasteiger partial charge in [-0.15, -0.1) is 0 Å². The summed E-state index contributed by atoms with van der Waals surface area (Å²) in [4.78, 5) is 0. The number of hydrogen-bond acceptors (Lipinski definition) is 2. The van der Waals surface area contributed by atoms with E-state index < -0.39 is 22.7 Å². The summed E-state index contributed by atoms with van der Waals surface area (Å²) >= 11 is -5.22. The Morgan fingerprint density at radius 3 is 0.778 bits per heavy atom. The van der Waals surface area contributed by atoms with Gasteiger partial charge in [-0.05, 0) is 7.43 Å². The maximum atomic E-state index is 8.67. The smallest absolute Gasteiger partial charge is 0.284 e. The summed E-state index contributed by atoms with van der Waals surface area (Å²) in [5.74, 6) is 0. The van der Waals surface area contributed by atoms with E-state index in [0.717, 1.165) is 0 Å². The molecule has 0 aliphatic rings. The van der Waals surface area contributed by atoms with Crippen LogP contribution in [0, 0.1) is 7.43 Å². The SMILES string of the molecule is O=S(O)O.O=S(O)O.[CH]. The Kier molecular flexibility index (Phi) is 19.6. The van der Waals surface area contributed by atoms with Crippen molar-refractivity contribution in [1.29, 1.82) is 0 Å². The van der Waals surface area contributed by atoms with Crippen molar-refractivity contribution in [1.82, 2.24) is 0 Å². The Labute approximate surface area is 57.5 Å². The molecule has 0 fully saturated rings. The van der Waals surface area contributed by atoms with Gasteiger partial charge < -0.3 is 0 Å². The summed E-state index contributed by atoms with van der Waals surface area (Å²) in [6.45, 7) is 0. The molecular formula is CH5O6S2. The third-order valence-corrected chi connectivity index (χ3v) is 0. The monoisotopic (exact) mass is 177 g/mol. The molecule has 3 radical (unpaired) electrons. The van der Waals surface area contributed by atoms with E-state index in [2.05, 4.69) is 0 Å². The molecule has 9 heavy (non-hydrogen) atoms. The number of hydrogen-bond donors (Lipinski definition) is 4. The van der Waals surface area contributed by atoms with Gasteiger partial charge in [0.15, 0.2) is 0 Å². The van der Waals surface area contributed by atoms with Crippen molar-refractivity contribution in [3.63, 3.8) is 0 Å². The molecule has 0 aliphatic heterocycles. The van der Waals surface area contributed by atoms with Gasteiger partial charge in [0.1, 0.15) is 0 Å². The summed E-state index contributed by atoms with van der Waals surface area (Å²) in [5.41, 5.74) is 0. The number of rotatable bonds is 0. The molecule has 0 heterocycles. The predicted octanol–water partition coefficient (Wildman–Crippen LogP) is -0.434. The fraction of sp³-hybridized carbons (Fsp3) is 0. The van der Waals surface area contributed by atoms with Crippen molar-refractivity contribution in [3.05, 3.63) is 7.43 Å². The molecule has 0 aromatic heterocycles. The maximum absolute atomic E-state index is 8.67. The van der Waals surface area contributed by atoms with Crippen LogP contribution in [0.15, 0.2) is 0 Å². The van der Waals surface area contributed by atoms with Gasteiger partial charge >= 0.3 is 0 Å². The van der Waals surface area contributed by atoms with Crippen LogP contribution in [0.4, 0.5) is 0 Å². The van der Waals surface area contributed by atoms with Crippen LogP contribution in [0.3, 0.4) is 0 Å². The second-order valence-corrected chi connectivity index (χ2v) is 1.38. The quantitative estimate of drug-likeness (QED) is 0.373. The van der Waals surface area contributed by atoms with Gasteiger partial charge in [-0.1, -0.05) is 0 Å². The topological polar surface area (TPSA) is 115 Å². The zero-order valence-electron chi connectivity index (χ0n) is 4.00. The fourth-order valence-corrected chi connectivity index (χ4v) is 0. The van der Waals surface area contributed by atoms with E-state index in [-0.39, 0.29) is 7.43 Å². The van der Waals surface area contributed by atoms with Gasteiger partial charge in [0.25, 0.3) is 22.7 Å². The molecule has 57 valence electrons. The van der Waals surface area contributed by atoms with Crippen LogP contribution in [0.1, 0.15) is 0 Å². The van der Waals surface area contributed by atoms with E-state index in [9.17, 15) is 0 Å². The van der Waals surface area contributed by atoms with E-state index in [0.29, 0.717) is 0 Å². The predicted molar refractivity (Wildman–Crippen MR) is 31.1 cm³/mol. The first kappa shape index (κ1) is 16.1. The first-order chi connectivity index (χ1) is 3.46.